The summed E-state index contributed by atoms with van der Waals surface area (Å²) in [5.74, 6) is 1.23. The Morgan fingerprint density at radius 1 is 1.71 bits per heavy atom. The third-order valence-corrected chi connectivity index (χ3v) is 3.60. The van der Waals surface area contributed by atoms with E-state index in [-0.39, 0.29) is 17.8 Å². The van der Waals surface area contributed by atoms with Crippen molar-refractivity contribution in [3.05, 3.63) is 12.7 Å². The molecule has 1 N–H and O–H groups in total. The first-order valence-corrected chi connectivity index (χ1v) is 5.96. The van der Waals surface area contributed by atoms with Gasteiger partial charge in [-0.15, -0.1) is 18.3 Å². The van der Waals surface area contributed by atoms with Crippen molar-refractivity contribution in [2.24, 2.45) is 0 Å². The smallest absolute Gasteiger partial charge is 0.236 e. The van der Waals surface area contributed by atoms with Gasteiger partial charge in [0.25, 0.3) is 0 Å². The first-order chi connectivity index (χ1) is 6.79. The molecule has 1 atom stereocenters. The molecular formula is C10H17NO2S. The molecule has 1 saturated heterocycles. The number of carbonyl (C=O) groups excluding carboxylic acids is 1. The molecule has 0 aromatic rings. The molecule has 0 spiro atoms. The molecule has 14 heavy (non-hydrogen) atoms. The Morgan fingerprint density at radius 2 is 2.50 bits per heavy atom. The number of rotatable bonds is 5. The van der Waals surface area contributed by atoms with Crippen LogP contribution in [0.3, 0.4) is 0 Å². The third-order valence-electron chi connectivity index (χ3n) is 2.24. The zero-order valence-electron chi connectivity index (χ0n) is 8.32. The van der Waals surface area contributed by atoms with Crippen LogP contribution in [0.1, 0.15) is 12.8 Å². The van der Waals surface area contributed by atoms with Gasteiger partial charge in [-0.25, -0.2) is 0 Å². The lowest BCUT2D eigenvalue weighted by Crippen LogP contribution is -2.38. The Hall–Kier alpha value is -0.480. The molecule has 1 fully saturated rings. The summed E-state index contributed by atoms with van der Waals surface area (Å²) in [6.07, 6.45) is 3.80. The van der Waals surface area contributed by atoms with E-state index in [4.69, 9.17) is 5.11 Å². The van der Waals surface area contributed by atoms with Gasteiger partial charge in [-0.2, -0.15) is 0 Å². The Balaban J connectivity index is 2.47. The summed E-state index contributed by atoms with van der Waals surface area (Å²) in [4.78, 5) is 13.5. The molecule has 1 unspecified atom stereocenters. The van der Waals surface area contributed by atoms with Crippen LogP contribution in [-0.4, -0.2) is 46.6 Å². The number of nitrogens with zero attached hydrogens (tertiary/aromatic N) is 1. The Kier molecular flexibility index (Phi) is 5.04. The summed E-state index contributed by atoms with van der Waals surface area (Å²) >= 11 is 1.72. The summed E-state index contributed by atoms with van der Waals surface area (Å²) < 4.78 is 0. The highest BCUT2D eigenvalue weighted by Crippen LogP contribution is 2.27. The van der Waals surface area contributed by atoms with Gasteiger partial charge in [0.05, 0.1) is 11.9 Å². The second-order valence-electron chi connectivity index (χ2n) is 3.30. The van der Waals surface area contributed by atoms with Gasteiger partial charge in [-0.05, 0) is 18.6 Å². The molecular weight excluding hydrogens is 198 g/mol. The van der Waals surface area contributed by atoms with Crippen molar-refractivity contribution in [2.75, 3.05) is 25.4 Å². The van der Waals surface area contributed by atoms with Gasteiger partial charge in [0.15, 0.2) is 0 Å². The van der Waals surface area contributed by atoms with E-state index in [0.29, 0.717) is 13.1 Å². The second-order valence-corrected chi connectivity index (χ2v) is 4.61. The highest BCUT2D eigenvalue weighted by molar-refractivity contribution is 8.00. The fraction of sp³-hybridized carbons (Fsp3) is 0.700. The van der Waals surface area contributed by atoms with Crippen LogP contribution in [0.5, 0.6) is 0 Å². The van der Waals surface area contributed by atoms with Crippen LogP contribution in [-0.2, 0) is 4.79 Å². The van der Waals surface area contributed by atoms with Gasteiger partial charge in [0.1, 0.15) is 0 Å². The van der Waals surface area contributed by atoms with Gasteiger partial charge in [-0.1, -0.05) is 6.08 Å². The minimum absolute atomic E-state index is 0.0248. The number of thioether (sulfide) groups is 1. The summed E-state index contributed by atoms with van der Waals surface area (Å²) in [5, 5.41) is 8.93. The summed E-state index contributed by atoms with van der Waals surface area (Å²) in [7, 11) is 0. The summed E-state index contributed by atoms with van der Waals surface area (Å²) in [6, 6.07) is 0. The molecule has 0 aromatic heterocycles. The van der Waals surface area contributed by atoms with Gasteiger partial charge in [0, 0.05) is 13.1 Å². The number of amides is 1. The van der Waals surface area contributed by atoms with Gasteiger partial charge >= 0.3 is 0 Å². The Bertz CT molecular complexity index is 202. The predicted molar refractivity (Wildman–Crippen MR) is 59.3 cm³/mol. The van der Waals surface area contributed by atoms with E-state index in [9.17, 15) is 4.79 Å². The lowest BCUT2D eigenvalue weighted by atomic mass is 10.2. The first kappa shape index (κ1) is 11.6. The van der Waals surface area contributed by atoms with E-state index < -0.39 is 0 Å². The van der Waals surface area contributed by atoms with Crippen molar-refractivity contribution >= 4 is 17.7 Å². The number of carbonyl (C=O) groups is 1. The van der Waals surface area contributed by atoms with Crippen molar-refractivity contribution < 1.29 is 9.90 Å². The second kappa shape index (κ2) is 6.09. The zero-order valence-corrected chi connectivity index (χ0v) is 9.13. The maximum absolute atomic E-state index is 11.9. The van der Waals surface area contributed by atoms with Crippen LogP contribution < -0.4 is 0 Å². The van der Waals surface area contributed by atoms with Crippen LogP contribution in [0.2, 0.25) is 0 Å². The molecule has 80 valence electrons. The van der Waals surface area contributed by atoms with Crippen molar-refractivity contribution in [3.8, 4) is 0 Å². The zero-order chi connectivity index (χ0) is 10.4. The average molecular weight is 215 g/mol. The van der Waals surface area contributed by atoms with E-state index >= 15 is 0 Å². The van der Waals surface area contributed by atoms with E-state index in [1.54, 1.807) is 22.7 Å². The van der Waals surface area contributed by atoms with Gasteiger partial charge in [0.2, 0.25) is 5.91 Å². The molecule has 1 heterocycles. The maximum atomic E-state index is 11.9. The number of hydrogen-bond donors (Lipinski definition) is 1. The fourth-order valence-electron chi connectivity index (χ4n) is 1.54. The van der Waals surface area contributed by atoms with Crippen LogP contribution in [0.25, 0.3) is 0 Å². The monoisotopic (exact) mass is 215 g/mol. The fourth-order valence-corrected chi connectivity index (χ4v) is 2.79. The normalized spacial score (nSPS) is 20.8. The van der Waals surface area contributed by atoms with Crippen LogP contribution in [0, 0.1) is 0 Å². The molecule has 1 rings (SSSR count). The SMILES string of the molecule is C=CCN(CCO)C(=O)C1CCCS1. The molecule has 0 aliphatic carbocycles. The first-order valence-electron chi connectivity index (χ1n) is 4.91. The number of aliphatic hydroxyl groups is 1. The third kappa shape index (κ3) is 3.03. The lowest BCUT2D eigenvalue weighted by Gasteiger charge is -2.22. The van der Waals surface area contributed by atoms with Crippen LogP contribution in [0.15, 0.2) is 12.7 Å². The Labute approximate surface area is 89.2 Å². The molecule has 0 aromatic carbocycles. The largest absolute Gasteiger partial charge is 0.395 e. The van der Waals surface area contributed by atoms with Crippen molar-refractivity contribution in [1.29, 1.82) is 0 Å². The van der Waals surface area contributed by atoms with Crippen molar-refractivity contribution in [1.82, 2.24) is 4.90 Å². The van der Waals surface area contributed by atoms with E-state index in [1.165, 1.54) is 0 Å². The van der Waals surface area contributed by atoms with E-state index in [1.807, 2.05) is 0 Å². The van der Waals surface area contributed by atoms with Gasteiger partial charge in [-0.3, -0.25) is 4.79 Å². The standard InChI is InChI=1S/C10H17NO2S/c1-2-5-11(6-7-12)10(13)9-4-3-8-14-9/h2,9,12H,1,3-8H2. The maximum Gasteiger partial charge on any atom is 0.236 e. The minimum atomic E-state index is 0.0248. The van der Waals surface area contributed by atoms with Gasteiger partial charge < -0.3 is 10.0 Å². The molecule has 0 radical (unpaired) electrons. The molecule has 3 nitrogen and oxygen atoms in total. The lowest BCUT2D eigenvalue weighted by molar-refractivity contribution is -0.130. The van der Waals surface area contributed by atoms with Crippen LogP contribution in [0.4, 0.5) is 0 Å². The molecule has 0 bridgehead atoms. The van der Waals surface area contributed by atoms with Crippen LogP contribution >= 0.6 is 11.8 Å². The minimum Gasteiger partial charge on any atom is -0.395 e. The number of aliphatic hydroxyl groups excluding tert-OH is 1. The average Bonchev–Trinajstić information content (AvgIpc) is 2.69. The highest BCUT2D eigenvalue weighted by atomic mass is 32.2. The van der Waals surface area contributed by atoms with Crippen molar-refractivity contribution in [2.45, 2.75) is 18.1 Å². The summed E-state index contributed by atoms with van der Waals surface area (Å²) in [6.45, 7) is 4.59. The van der Waals surface area contributed by atoms with E-state index in [2.05, 4.69) is 6.58 Å². The molecule has 1 aliphatic rings. The number of hydrogen-bond acceptors (Lipinski definition) is 3. The predicted octanol–water partition coefficient (Wildman–Crippen LogP) is 0.889. The highest BCUT2D eigenvalue weighted by Gasteiger charge is 2.26. The Morgan fingerprint density at radius 3 is 3.00 bits per heavy atom. The molecule has 0 saturated carbocycles. The quantitative estimate of drug-likeness (QED) is 0.692. The molecule has 4 heteroatoms. The van der Waals surface area contributed by atoms with E-state index in [0.717, 1.165) is 18.6 Å². The topological polar surface area (TPSA) is 40.5 Å². The molecule has 1 aliphatic heterocycles. The molecule has 1 amide bonds. The summed E-state index contributed by atoms with van der Waals surface area (Å²) in [5.41, 5.74) is 0. The van der Waals surface area contributed by atoms with Crippen molar-refractivity contribution in [3.63, 3.8) is 0 Å².